The van der Waals surface area contributed by atoms with E-state index in [-0.39, 0.29) is 11.2 Å². The molecule has 28 heavy (non-hydrogen) atoms. The molecule has 0 radical (unpaired) electrons. The van der Waals surface area contributed by atoms with Gasteiger partial charge in [0.1, 0.15) is 11.4 Å². The molecule has 0 aliphatic carbocycles. The average molecular weight is 389 g/mol. The number of carbonyl (C=O) groups is 1. The second kappa shape index (κ2) is 7.82. The van der Waals surface area contributed by atoms with E-state index in [0.29, 0.717) is 5.56 Å². The van der Waals surface area contributed by atoms with E-state index >= 15 is 0 Å². The first-order valence-corrected chi connectivity index (χ1v) is 9.75. The van der Waals surface area contributed by atoms with Gasteiger partial charge in [0.05, 0.1) is 11.6 Å². The van der Waals surface area contributed by atoms with Crippen molar-refractivity contribution in [2.24, 2.45) is 7.05 Å². The Morgan fingerprint density at radius 2 is 1.93 bits per heavy atom. The van der Waals surface area contributed by atoms with Crippen LogP contribution in [0.4, 0.5) is 5.69 Å². The van der Waals surface area contributed by atoms with Gasteiger partial charge in [-0.2, -0.15) is 5.10 Å². The number of aromatic nitrogens is 4. The van der Waals surface area contributed by atoms with E-state index in [9.17, 15) is 4.79 Å². The maximum Gasteiger partial charge on any atom is 0.255 e. The quantitative estimate of drug-likeness (QED) is 0.403. The summed E-state index contributed by atoms with van der Waals surface area (Å²) in [5, 5.41) is 9.21. The highest BCUT2D eigenvalue weighted by Gasteiger charge is 2.14. The van der Waals surface area contributed by atoms with E-state index < -0.39 is 0 Å². The van der Waals surface area contributed by atoms with Crippen molar-refractivity contribution in [3.8, 4) is 0 Å². The minimum Gasteiger partial charge on any atom is -0.322 e. The normalized spacial score (nSPS) is 12.1. The van der Waals surface area contributed by atoms with Crippen molar-refractivity contribution in [3.05, 3.63) is 78.2 Å². The molecule has 0 fully saturated rings. The second-order valence-corrected chi connectivity index (χ2v) is 7.72. The predicted molar refractivity (Wildman–Crippen MR) is 111 cm³/mol. The molecule has 140 valence electrons. The minimum atomic E-state index is -0.120. The molecular formula is C21H19N5OS. The van der Waals surface area contributed by atoms with Crippen LogP contribution in [0.5, 0.6) is 0 Å². The summed E-state index contributed by atoms with van der Waals surface area (Å²) in [6, 6.07) is 17.1. The number of aryl methyl sites for hydroxylation is 1. The van der Waals surface area contributed by atoms with Crippen LogP contribution in [0.1, 0.15) is 28.1 Å². The lowest BCUT2D eigenvalue weighted by molar-refractivity contribution is 0.102. The van der Waals surface area contributed by atoms with Crippen LogP contribution in [0.25, 0.3) is 11.0 Å². The maximum atomic E-state index is 12.4. The number of nitrogens with zero attached hydrogens (tertiary/aromatic N) is 4. The first kappa shape index (κ1) is 18.2. The molecule has 1 unspecified atom stereocenters. The lowest BCUT2D eigenvalue weighted by atomic mass is 10.1. The Hall–Kier alpha value is -3.19. The zero-order valence-electron chi connectivity index (χ0n) is 15.5. The molecular weight excluding hydrogens is 370 g/mol. The van der Waals surface area contributed by atoms with Gasteiger partial charge in [0.2, 0.25) is 0 Å². The van der Waals surface area contributed by atoms with E-state index in [1.165, 1.54) is 0 Å². The molecule has 4 rings (SSSR count). The summed E-state index contributed by atoms with van der Waals surface area (Å²) < 4.78 is 1.74. The molecule has 1 N–H and O–H groups in total. The Labute approximate surface area is 167 Å². The molecule has 1 atom stereocenters. The number of fused-ring (bicyclic) bond motifs is 1. The fraction of sp³-hybridized carbons (Fsp3) is 0.143. The Kier molecular flexibility index (Phi) is 5.08. The molecule has 0 bridgehead atoms. The summed E-state index contributed by atoms with van der Waals surface area (Å²) in [5.41, 5.74) is 3.32. The van der Waals surface area contributed by atoms with Gasteiger partial charge in [0.15, 0.2) is 5.65 Å². The molecule has 0 aliphatic rings. The first-order valence-electron chi connectivity index (χ1n) is 8.87. The Morgan fingerprint density at radius 3 is 2.75 bits per heavy atom. The van der Waals surface area contributed by atoms with Gasteiger partial charge in [-0.3, -0.25) is 9.48 Å². The number of amides is 1. The van der Waals surface area contributed by atoms with Crippen LogP contribution in [0.3, 0.4) is 0 Å². The van der Waals surface area contributed by atoms with Crippen LogP contribution in [-0.2, 0) is 7.05 Å². The third-order valence-electron chi connectivity index (χ3n) is 4.43. The molecule has 2 heterocycles. The van der Waals surface area contributed by atoms with Gasteiger partial charge in [0, 0.05) is 23.5 Å². The molecule has 0 spiro atoms. The number of hydrogen-bond acceptors (Lipinski definition) is 5. The van der Waals surface area contributed by atoms with Crippen molar-refractivity contribution in [2.75, 3.05) is 5.32 Å². The largest absolute Gasteiger partial charge is 0.322 e. The Bertz CT molecular complexity index is 1130. The zero-order chi connectivity index (χ0) is 19.5. The number of carbonyl (C=O) groups excluding carboxylic acids is 1. The lowest BCUT2D eigenvalue weighted by Gasteiger charge is -2.13. The molecule has 4 aromatic rings. The maximum absolute atomic E-state index is 12.4. The van der Waals surface area contributed by atoms with Crippen molar-refractivity contribution < 1.29 is 4.79 Å². The second-order valence-electron chi connectivity index (χ2n) is 6.39. The van der Waals surface area contributed by atoms with E-state index in [4.69, 9.17) is 0 Å². The summed E-state index contributed by atoms with van der Waals surface area (Å²) >= 11 is 1.65. The molecule has 0 aliphatic heterocycles. The van der Waals surface area contributed by atoms with Crippen LogP contribution in [0.2, 0.25) is 0 Å². The number of rotatable bonds is 5. The standard InChI is InChI=1S/C21H19N5OS/c1-14(28-21-18-12-24-26(2)19(18)22-13-23-21)16-9-6-10-17(11-16)25-20(27)15-7-4-3-5-8-15/h3-14H,1-2H3,(H,25,27). The minimum absolute atomic E-state index is 0.120. The van der Waals surface area contributed by atoms with E-state index in [0.717, 1.165) is 27.3 Å². The summed E-state index contributed by atoms with van der Waals surface area (Å²) in [6.45, 7) is 2.12. The number of benzene rings is 2. The molecule has 1 amide bonds. The molecule has 0 saturated heterocycles. The summed E-state index contributed by atoms with van der Waals surface area (Å²) in [4.78, 5) is 21.1. The predicted octanol–water partition coefficient (Wildman–Crippen LogP) is 4.47. The number of thioether (sulfide) groups is 1. The van der Waals surface area contributed by atoms with Gasteiger partial charge in [0.25, 0.3) is 5.91 Å². The SMILES string of the molecule is CC(Sc1ncnc2c1cnn2C)c1cccc(NC(=O)c2ccccc2)c1. The van der Waals surface area contributed by atoms with E-state index in [2.05, 4.69) is 33.4 Å². The van der Waals surface area contributed by atoms with Gasteiger partial charge < -0.3 is 5.32 Å². The highest BCUT2D eigenvalue weighted by Crippen LogP contribution is 2.37. The van der Waals surface area contributed by atoms with Gasteiger partial charge in [-0.05, 0) is 36.8 Å². The van der Waals surface area contributed by atoms with Crippen LogP contribution in [0, 0.1) is 0 Å². The summed E-state index contributed by atoms with van der Waals surface area (Å²) in [5.74, 6) is -0.120. The van der Waals surface area contributed by atoms with E-state index in [1.54, 1.807) is 41.1 Å². The van der Waals surface area contributed by atoms with Crippen molar-refractivity contribution in [1.82, 2.24) is 19.7 Å². The molecule has 2 aromatic heterocycles. The van der Waals surface area contributed by atoms with Crippen molar-refractivity contribution >= 4 is 34.4 Å². The highest BCUT2D eigenvalue weighted by molar-refractivity contribution is 7.99. The van der Waals surface area contributed by atoms with Crippen LogP contribution in [0.15, 0.2) is 72.1 Å². The molecule has 2 aromatic carbocycles. The fourth-order valence-corrected chi connectivity index (χ4v) is 3.93. The van der Waals surface area contributed by atoms with Crippen LogP contribution < -0.4 is 5.32 Å². The van der Waals surface area contributed by atoms with Crippen molar-refractivity contribution in [3.63, 3.8) is 0 Å². The van der Waals surface area contributed by atoms with Crippen molar-refractivity contribution in [1.29, 1.82) is 0 Å². The van der Waals surface area contributed by atoms with Gasteiger partial charge in [-0.1, -0.05) is 42.1 Å². The van der Waals surface area contributed by atoms with Crippen LogP contribution in [-0.4, -0.2) is 25.7 Å². The zero-order valence-corrected chi connectivity index (χ0v) is 16.4. The molecule has 6 nitrogen and oxygen atoms in total. The molecule has 0 saturated carbocycles. The van der Waals surface area contributed by atoms with Gasteiger partial charge >= 0.3 is 0 Å². The first-order chi connectivity index (χ1) is 13.6. The topological polar surface area (TPSA) is 72.7 Å². The Morgan fingerprint density at radius 1 is 1.11 bits per heavy atom. The molecule has 7 heteroatoms. The van der Waals surface area contributed by atoms with Crippen molar-refractivity contribution in [2.45, 2.75) is 17.2 Å². The smallest absolute Gasteiger partial charge is 0.255 e. The third-order valence-corrected chi connectivity index (χ3v) is 5.61. The summed E-state index contributed by atoms with van der Waals surface area (Å²) in [7, 11) is 1.87. The van der Waals surface area contributed by atoms with E-state index in [1.807, 2.05) is 43.4 Å². The number of nitrogens with one attached hydrogen (secondary N) is 1. The number of hydrogen-bond donors (Lipinski definition) is 1. The lowest BCUT2D eigenvalue weighted by Crippen LogP contribution is -2.11. The Balaban J connectivity index is 1.53. The third kappa shape index (κ3) is 3.75. The summed E-state index contributed by atoms with van der Waals surface area (Å²) in [6.07, 6.45) is 3.36. The average Bonchev–Trinajstić information content (AvgIpc) is 3.11. The van der Waals surface area contributed by atoms with Crippen LogP contribution >= 0.6 is 11.8 Å². The monoisotopic (exact) mass is 389 g/mol. The highest BCUT2D eigenvalue weighted by atomic mass is 32.2. The van der Waals surface area contributed by atoms with Gasteiger partial charge in [-0.15, -0.1) is 0 Å². The number of anilines is 1. The fourth-order valence-electron chi connectivity index (χ4n) is 2.93. The van der Waals surface area contributed by atoms with Gasteiger partial charge in [-0.25, -0.2) is 9.97 Å².